The van der Waals surface area contributed by atoms with E-state index in [-0.39, 0.29) is 18.5 Å². The van der Waals surface area contributed by atoms with Gasteiger partial charge < -0.3 is 9.47 Å². The second kappa shape index (κ2) is 9.42. The molecule has 1 aliphatic rings. The van der Waals surface area contributed by atoms with Gasteiger partial charge in [0, 0.05) is 5.56 Å². The minimum atomic E-state index is -0.599. The summed E-state index contributed by atoms with van der Waals surface area (Å²) in [7, 11) is 0. The highest BCUT2D eigenvalue weighted by molar-refractivity contribution is 6.32. The van der Waals surface area contributed by atoms with Crippen LogP contribution in [-0.2, 0) is 9.53 Å². The van der Waals surface area contributed by atoms with E-state index in [2.05, 4.69) is 0 Å². The van der Waals surface area contributed by atoms with E-state index in [9.17, 15) is 9.18 Å². The average Bonchev–Trinajstić information content (AvgIpc) is 3.50. The highest BCUT2D eigenvalue weighted by Crippen LogP contribution is 2.43. The van der Waals surface area contributed by atoms with E-state index in [1.54, 1.807) is 6.07 Å². The molecule has 0 aromatic heterocycles. The largest absolute Gasteiger partial charge is 0.489 e. The summed E-state index contributed by atoms with van der Waals surface area (Å²) in [6.07, 6.45) is 3.05. The van der Waals surface area contributed by atoms with Crippen LogP contribution < -0.4 is 4.74 Å². The van der Waals surface area contributed by atoms with Gasteiger partial charge in [0.2, 0.25) is 0 Å². The fraction of sp³-hybridized carbons (Fsp3) is 0.435. The van der Waals surface area contributed by atoms with Gasteiger partial charge >= 0.3 is 5.97 Å². The van der Waals surface area contributed by atoms with E-state index in [4.69, 9.17) is 21.1 Å². The molecule has 1 unspecified atom stereocenters. The molecule has 0 bridgehead atoms. The zero-order chi connectivity index (χ0) is 20.1. The predicted octanol–water partition coefficient (Wildman–Crippen LogP) is 6.11. The predicted molar refractivity (Wildman–Crippen MR) is 110 cm³/mol. The molecule has 0 heterocycles. The molecule has 3 rings (SSSR count). The summed E-state index contributed by atoms with van der Waals surface area (Å²) < 4.78 is 23.7. The summed E-state index contributed by atoms with van der Waals surface area (Å²) in [4.78, 5) is 12.6. The molecular formula is C23H26ClFO3. The average molecular weight is 405 g/mol. The summed E-state index contributed by atoms with van der Waals surface area (Å²) in [5.41, 5.74) is 3.63. The molecule has 0 spiro atoms. The number of esters is 1. The normalized spacial score (nSPS) is 14.6. The first kappa shape index (κ1) is 20.7. The van der Waals surface area contributed by atoms with Crippen molar-refractivity contribution in [3.8, 4) is 16.9 Å². The molecule has 0 aliphatic heterocycles. The third kappa shape index (κ3) is 5.05. The van der Waals surface area contributed by atoms with Crippen LogP contribution >= 0.6 is 11.6 Å². The number of rotatable bonds is 9. The number of hydrogen-bond donors (Lipinski definition) is 0. The molecule has 0 amide bonds. The first-order valence-corrected chi connectivity index (χ1v) is 10.2. The second-order valence-corrected chi connectivity index (χ2v) is 7.67. The standard InChI is InChI=1S/C23H26ClFO3/c1-3-27-23(26)20(12-16-6-7-16)18-13-19(17-8-4-15(2)5-9-17)22(21(24)14-18)28-11-10-25/h4-5,8-9,13-14,16,20H,3,6-7,10-12H2,1-2H3. The first-order chi connectivity index (χ1) is 13.5. The van der Waals surface area contributed by atoms with E-state index in [1.807, 2.05) is 44.2 Å². The van der Waals surface area contributed by atoms with E-state index >= 15 is 0 Å². The Morgan fingerprint density at radius 2 is 1.96 bits per heavy atom. The van der Waals surface area contributed by atoms with Crippen LogP contribution in [0.1, 0.15) is 43.2 Å². The Bertz CT molecular complexity index is 815. The molecule has 5 heteroatoms. The van der Waals surface area contributed by atoms with Gasteiger partial charge in [0.1, 0.15) is 19.0 Å². The molecule has 3 nitrogen and oxygen atoms in total. The van der Waals surface area contributed by atoms with E-state index < -0.39 is 6.67 Å². The summed E-state index contributed by atoms with van der Waals surface area (Å²) in [6, 6.07) is 11.7. The molecule has 0 saturated heterocycles. The lowest BCUT2D eigenvalue weighted by molar-refractivity contribution is -0.145. The van der Waals surface area contributed by atoms with Gasteiger partial charge in [0.05, 0.1) is 17.5 Å². The molecule has 0 N–H and O–H groups in total. The maximum Gasteiger partial charge on any atom is 0.313 e. The zero-order valence-corrected chi connectivity index (χ0v) is 17.1. The highest BCUT2D eigenvalue weighted by Gasteiger charge is 2.32. The quantitative estimate of drug-likeness (QED) is 0.473. The number of hydrogen-bond acceptors (Lipinski definition) is 3. The van der Waals surface area contributed by atoms with Gasteiger partial charge in [-0.3, -0.25) is 4.79 Å². The Morgan fingerprint density at radius 1 is 1.25 bits per heavy atom. The topological polar surface area (TPSA) is 35.5 Å². The lowest BCUT2D eigenvalue weighted by Gasteiger charge is -2.20. The molecule has 2 aromatic carbocycles. The van der Waals surface area contributed by atoms with Crippen LogP contribution in [0.5, 0.6) is 5.75 Å². The summed E-state index contributed by atoms with van der Waals surface area (Å²) in [6.45, 7) is 3.50. The Hall–Kier alpha value is -2.07. The van der Waals surface area contributed by atoms with Crippen molar-refractivity contribution in [3.05, 3.63) is 52.5 Å². The second-order valence-electron chi connectivity index (χ2n) is 7.27. The van der Waals surface area contributed by atoms with Crippen molar-refractivity contribution in [3.63, 3.8) is 0 Å². The van der Waals surface area contributed by atoms with Gasteiger partial charge in [-0.15, -0.1) is 0 Å². The fourth-order valence-corrected chi connectivity index (χ4v) is 3.63. The van der Waals surface area contributed by atoms with Crippen LogP contribution in [0.3, 0.4) is 0 Å². The van der Waals surface area contributed by atoms with Gasteiger partial charge in [-0.05, 0) is 49.4 Å². The molecule has 1 aliphatic carbocycles. The van der Waals surface area contributed by atoms with Crippen LogP contribution in [-0.4, -0.2) is 25.9 Å². The number of aryl methyl sites for hydroxylation is 1. The molecular weight excluding hydrogens is 379 g/mol. The van der Waals surface area contributed by atoms with Crippen molar-refractivity contribution in [2.75, 3.05) is 19.9 Å². The van der Waals surface area contributed by atoms with Crippen LogP contribution in [0, 0.1) is 12.8 Å². The van der Waals surface area contributed by atoms with Crippen molar-refractivity contribution in [2.45, 2.75) is 39.0 Å². The van der Waals surface area contributed by atoms with Gasteiger partial charge in [0.25, 0.3) is 0 Å². The molecule has 1 saturated carbocycles. The lowest BCUT2D eigenvalue weighted by atomic mass is 9.90. The fourth-order valence-electron chi connectivity index (χ4n) is 3.35. The molecule has 1 fully saturated rings. The van der Waals surface area contributed by atoms with E-state index in [0.717, 1.165) is 41.5 Å². The highest BCUT2D eigenvalue weighted by atomic mass is 35.5. The van der Waals surface area contributed by atoms with Gasteiger partial charge in [-0.1, -0.05) is 54.3 Å². The van der Waals surface area contributed by atoms with Crippen molar-refractivity contribution in [1.82, 2.24) is 0 Å². The maximum atomic E-state index is 12.7. The number of carbonyl (C=O) groups is 1. The van der Waals surface area contributed by atoms with E-state index in [0.29, 0.717) is 23.3 Å². The smallest absolute Gasteiger partial charge is 0.313 e. The minimum Gasteiger partial charge on any atom is -0.489 e. The number of ether oxygens (including phenoxy) is 2. The monoisotopic (exact) mass is 404 g/mol. The van der Waals surface area contributed by atoms with Gasteiger partial charge in [0.15, 0.2) is 0 Å². The van der Waals surface area contributed by atoms with Crippen molar-refractivity contribution in [2.24, 2.45) is 5.92 Å². The third-order valence-electron chi connectivity index (χ3n) is 4.99. The van der Waals surface area contributed by atoms with Crippen LogP contribution in [0.4, 0.5) is 4.39 Å². The molecule has 150 valence electrons. The zero-order valence-electron chi connectivity index (χ0n) is 16.3. The SMILES string of the molecule is CCOC(=O)C(CC1CC1)c1cc(Cl)c(OCCF)c(-c2ccc(C)cc2)c1. The van der Waals surface area contributed by atoms with Crippen LogP contribution in [0.2, 0.25) is 5.02 Å². The Morgan fingerprint density at radius 3 is 2.57 bits per heavy atom. The summed E-state index contributed by atoms with van der Waals surface area (Å²) >= 11 is 6.53. The summed E-state index contributed by atoms with van der Waals surface area (Å²) in [5.74, 6) is 0.418. The number of alkyl halides is 1. The lowest BCUT2D eigenvalue weighted by Crippen LogP contribution is -2.17. The van der Waals surface area contributed by atoms with E-state index in [1.165, 1.54) is 0 Å². The van der Waals surface area contributed by atoms with Crippen molar-refractivity contribution < 1.29 is 18.7 Å². The first-order valence-electron chi connectivity index (χ1n) is 9.79. The number of benzene rings is 2. The molecule has 28 heavy (non-hydrogen) atoms. The Kier molecular flexibility index (Phi) is 6.95. The number of halogens is 2. The van der Waals surface area contributed by atoms with Crippen molar-refractivity contribution >= 4 is 17.6 Å². The summed E-state index contributed by atoms with van der Waals surface area (Å²) in [5, 5.41) is 0.381. The van der Waals surface area contributed by atoms with Gasteiger partial charge in [-0.2, -0.15) is 0 Å². The number of carbonyl (C=O) groups excluding carboxylic acids is 1. The molecule has 0 radical (unpaired) electrons. The van der Waals surface area contributed by atoms with Crippen molar-refractivity contribution in [1.29, 1.82) is 0 Å². The Labute approximate surface area is 170 Å². The maximum absolute atomic E-state index is 12.7. The molecule has 1 atom stereocenters. The van der Waals surface area contributed by atoms with Gasteiger partial charge in [-0.25, -0.2) is 4.39 Å². The van der Waals surface area contributed by atoms with Crippen LogP contribution in [0.15, 0.2) is 36.4 Å². The third-order valence-corrected chi connectivity index (χ3v) is 5.27. The molecule has 2 aromatic rings. The Balaban J connectivity index is 2.05. The van der Waals surface area contributed by atoms with Crippen LogP contribution in [0.25, 0.3) is 11.1 Å². The minimum absolute atomic E-state index is 0.0681.